The number of amides is 1. The molecule has 2 aromatic rings. The first-order valence-electron chi connectivity index (χ1n) is 6.95. The van der Waals surface area contributed by atoms with Crippen molar-refractivity contribution in [1.82, 2.24) is 15.5 Å². The summed E-state index contributed by atoms with van der Waals surface area (Å²) in [4.78, 5) is 11.7. The highest BCUT2D eigenvalue weighted by atomic mass is 32.2. The Hall–Kier alpha value is -2.46. The fourth-order valence-corrected chi connectivity index (χ4v) is 2.49. The van der Waals surface area contributed by atoms with E-state index in [9.17, 15) is 4.79 Å². The standard InChI is InChI=1S/C16H17N3O3S/c1-4-9-17-15(20)11(2)23-16-19-18-14(22-16)10-12-5-7-13(21-3)8-6-12/h1,5-8,11H,9-10H2,2-3H3,(H,17,20). The summed E-state index contributed by atoms with van der Waals surface area (Å²) in [5.41, 5.74) is 1.03. The van der Waals surface area contributed by atoms with Crippen LogP contribution >= 0.6 is 11.8 Å². The van der Waals surface area contributed by atoms with Crippen molar-refractivity contribution in [2.45, 2.75) is 23.8 Å². The van der Waals surface area contributed by atoms with Crippen LogP contribution in [0.3, 0.4) is 0 Å². The zero-order valence-electron chi connectivity index (χ0n) is 12.9. The Morgan fingerprint density at radius 1 is 1.43 bits per heavy atom. The molecule has 0 aliphatic heterocycles. The third kappa shape index (κ3) is 5.04. The van der Waals surface area contributed by atoms with Gasteiger partial charge in [-0.3, -0.25) is 4.79 Å². The quantitative estimate of drug-likeness (QED) is 0.617. The Bertz CT molecular complexity index is 691. The Morgan fingerprint density at radius 2 is 2.17 bits per heavy atom. The molecule has 0 fully saturated rings. The normalized spacial score (nSPS) is 11.5. The number of aromatic nitrogens is 2. The smallest absolute Gasteiger partial charge is 0.277 e. The van der Waals surface area contributed by atoms with Crippen LogP contribution < -0.4 is 10.1 Å². The van der Waals surface area contributed by atoms with E-state index in [-0.39, 0.29) is 17.7 Å². The maximum atomic E-state index is 11.7. The third-order valence-electron chi connectivity index (χ3n) is 2.97. The number of ether oxygens (including phenoxy) is 1. The highest BCUT2D eigenvalue weighted by Crippen LogP contribution is 2.23. The number of carbonyl (C=O) groups is 1. The molecule has 1 heterocycles. The molecular weight excluding hydrogens is 314 g/mol. The summed E-state index contributed by atoms with van der Waals surface area (Å²) in [6.45, 7) is 1.96. The number of methoxy groups -OCH3 is 1. The first kappa shape index (κ1) is 16.9. The molecule has 2 rings (SSSR count). The zero-order valence-corrected chi connectivity index (χ0v) is 13.7. The van der Waals surface area contributed by atoms with Gasteiger partial charge >= 0.3 is 0 Å². The van der Waals surface area contributed by atoms with E-state index in [1.54, 1.807) is 14.0 Å². The van der Waals surface area contributed by atoms with Crippen LogP contribution in [-0.4, -0.2) is 35.0 Å². The number of rotatable bonds is 7. The second-order valence-corrected chi connectivity index (χ2v) is 5.96. The number of thioether (sulfide) groups is 1. The average molecular weight is 331 g/mol. The molecule has 0 aliphatic carbocycles. The third-order valence-corrected chi connectivity index (χ3v) is 3.91. The van der Waals surface area contributed by atoms with Gasteiger partial charge in [-0.1, -0.05) is 29.8 Å². The van der Waals surface area contributed by atoms with Crippen molar-refractivity contribution in [3.8, 4) is 18.1 Å². The van der Waals surface area contributed by atoms with Crippen molar-refractivity contribution in [3.05, 3.63) is 35.7 Å². The van der Waals surface area contributed by atoms with Gasteiger partial charge in [0.15, 0.2) is 0 Å². The van der Waals surface area contributed by atoms with Gasteiger partial charge in [0.2, 0.25) is 11.8 Å². The van der Waals surface area contributed by atoms with Crippen molar-refractivity contribution < 1.29 is 13.9 Å². The first-order valence-corrected chi connectivity index (χ1v) is 7.83. The molecule has 1 amide bonds. The fourth-order valence-electron chi connectivity index (χ4n) is 1.76. The molecule has 1 aromatic heterocycles. The Kier molecular flexibility index (Phi) is 6.06. The van der Waals surface area contributed by atoms with Gasteiger partial charge in [-0.2, -0.15) is 0 Å². The minimum atomic E-state index is -0.363. The van der Waals surface area contributed by atoms with Crippen LogP contribution in [0.1, 0.15) is 18.4 Å². The van der Waals surface area contributed by atoms with E-state index in [1.165, 1.54) is 11.8 Å². The molecule has 1 N–H and O–H groups in total. The highest BCUT2D eigenvalue weighted by molar-refractivity contribution is 8.00. The molecule has 23 heavy (non-hydrogen) atoms. The second-order valence-electron chi connectivity index (χ2n) is 4.67. The number of terminal acetylenes is 1. The van der Waals surface area contributed by atoms with Crippen LogP contribution in [0.2, 0.25) is 0 Å². The van der Waals surface area contributed by atoms with Gasteiger partial charge in [0.05, 0.1) is 25.3 Å². The van der Waals surface area contributed by atoms with Crippen LogP contribution in [0.4, 0.5) is 0 Å². The molecule has 0 spiro atoms. The lowest BCUT2D eigenvalue weighted by Gasteiger charge is -2.06. The molecule has 0 radical (unpaired) electrons. The molecule has 1 atom stereocenters. The van der Waals surface area contributed by atoms with Crippen LogP contribution in [0.25, 0.3) is 0 Å². The molecule has 6 nitrogen and oxygen atoms in total. The maximum absolute atomic E-state index is 11.7. The molecule has 0 saturated carbocycles. The van der Waals surface area contributed by atoms with E-state index in [4.69, 9.17) is 15.6 Å². The summed E-state index contributed by atoms with van der Waals surface area (Å²) >= 11 is 1.20. The molecule has 1 aromatic carbocycles. The van der Waals surface area contributed by atoms with E-state index in [2.05, 4.69) is 21.4 Å². The molecular formula is C16H17N3O3S. The second kappa shape index (κ2) is 8.25. The van der Waals surface area contributed by atoms with Crippen molar-refractivity contribution in [2.75, 3.05) is 13.7 Å². The predicted octanol–water partition coefficient (Wildman–Crippen LogP) is 1.90. The van der Waals surface area contributed by atoms with Crippen molar-refractivity contribution in [1.29, 1.82) is 0 Å². The van der Waals surface area contributed by atoms with Gasteiger partial charge in [-0.25, -0.2) is 0 Å². The monoisotopic (exact) mass is 331 g/mol. The molecule has 120 valence electrons. The molecule has 0 aliphatic rings. The zero-order chi connectivity index (χ0) is 16.7. The largest absolute Gasteiger partial charge is 0.497 e. The summed E-state index contributed by atoms with van der Waals surface area (Å²) in [6, 6.07) is 7.62. The first-order chi connectivity index (χ1) is 11.1. The van der Waals surface area contributed by atoms with Crippen molar-refractivity contribution in [3.63, 3.8) is 0 Å². The number of nitrogens with zero attached hydrogens (tertiary/aromatic N) is 2. The lowest BCUT2D eigenvalue weighted by atomic mass is 10.1. The van der Waals surface area contributed by atoms with Crippen LogP contribution in [0.15, 0.2) is 33.9 Å². The SMILES string of the molecule is C#CCNC(=O)C(C)Sc1nnc(Cc2ccc(OC)cc2)o1. The van der Waals surface area contributed by atoms with E-state index in [1.807, 2.05) is 24.3 Å². The van der Waals surface area contributed by atoms with E-state index >= 15 is 0 Å². The Balaban J connectivity index is 1.92. The lowest BCUT2D eigenvalue weighted by molar-refractivity contribution is -0.120. The fraction of sp³-hybridized carbons (Fsp3) is 0.312. The van der Waals surface area contributed by atoms with Gasteiger partial charge in [-0.15, -0.1) is 16.6 Å². The summed E-state index contributed by atoms with van der Waals surface area (Å²) in [5, 5.41) is 10.6. The van der Waals surface area contributed by atoms with Gasteiger partial charge in [0, 0.05) is 0 Å². The number of nitrogens with one attached hydrogen (secondary N) is 1. The molecule has 0 bridgehead atoms. The lowest BCUT2D eigenvalue weighted by Crippen LogP contribution is -2.31. The summed E-state index contributed by atoms with van der Waals surface area (Å²) in [7, 11) is 1.62. The minimum Gasteiger partial charge on any atom is -0.497 e. The Labute approximate surface area is 139 Å². The van der Waals surface area contributed by atoms with Gasteiger partial charge < -0.3 is 14.5 Å². The van der Waals surface area contributed by atoms with E-state index < -0.39 is 0 Å². The van der Waals surface area contributed by atoms with Crippen LogP contribution in [0.5, 0.6) is 5.75 Å². The summed E-state index contributed by atoms with van der Waals surface area (Å²) in [6.07, 6.45) is 5.63. The Morgan fingerprint density at radius 3 is 2.83 bits per heavy atom. The summed E-state index contributed by atoms with van der Waals surface area (Å²) in [5.74, 6) is 3.48. The number of carbonyl (C=O) groups excluding carboxylic acids is 1. The number of benzene rings is 1. The van der Waals surface area contributed by atoms with Gasteiger partial charge in [-0.05, 0) is 24.6 Å². The maximum Gasteiger partial charge on any atom is 0.277 e. The minimum absolute atomic E-state index is 0.164. The molecule has 1 unspecified atom stereocenters. The van der Waals surface area contributed by atoms with Gasteiger partial charge in [0.25, 0.3) is 5.22 Å². The van der Waals surface area contributed by atoms with Crippen molar-refractivity contribution in [2.24, 2.45) is 0 Å². The molecule has 7 heteroatoms. The number of hydrogen-bond donors (Lipinski definition) is 1. The van der Waals surface area contributed by atoms with Crippen LogP contribution in [0, 0.1) is 12.3 Å². The average Bonchev–Trinajstić information content (AvgIpc) is 3.00. The van der Waals surface area contributed by atoms with E-state index in [0.29, 0.717) is 17.5 Å². The predicted molar refractivity (Wildman–Crippen MR) is 87.3 cm³/mol. The topological polar surface area (TPSA) is 77.2 Å². The van der Waals surface area contributed by atoms with E-state index in [0.717, 1.165) is 11.3 Å². The van der Waals surface area contributed by atoms with Gasteiger partial charge in [0.1, 0.15) is 5.75 Å². The number of hydrogen-bond acceptors (Lipinski definition) is 6. The highest BCUT2D eigenvalue weighted by Gasteiger charge is 2.17. The van der Waals surface area contributed by atoms with Crippen molar-refractivity contribution >= 4 is 17.7 Å². The summed E-state index contributed by atoms with van der Waals surface area (Å²) < 4.78 is 10.7. The molecule has 0 saturated heterocycles. The van der Waals surface area contributed by atoms with Crippen LogP contribution in [-0.2, 0) is 11.2 Å².